The molecule has 3 aromatic rings. The zero-order chi connectivity index (χ0) is 27.6. The van der Waals surface area contributed by atoms with Crippen LogP contribution in [0.3, 0.4) is 0 Å². The number of carbonyl (C=O) groups is 3. The molecule has 2 aromatic heterocycles. The van der Waals surface area contributed by atoms with Crippen LogP contribution in [-0.4, -0.2) is 60.6 Å². The highest BCUT2D eigenvalue weighted by Gasteiger charge is 2.05. The average molecular weight is 508 g/mol. The van der Waals surface area contributed by atoms with Gasteiger partial charge in [-0.15, -0.1) is 0 Å². The topological polar surface area (TPSA) is 152 Å². The third-order valence-corrected chi connectivity index (χ3v) is 4.58. The average Bonchev–Trinajstić information content (AvgIpc) is 2.93. The summed E-state index contributed by atoms with van der Waals surface area (Å²) in [6.45, 7) is 8.52. The number of nitrogens with zero attached hydrogens (tertiary/aromatic N) is 4. The van der Waals surface area contributed by atoms with Crippen molar-refractivity contribution in [2.45, 2.75) is 20.4 Å². The minimum Gasteiger partial charge on any atom is -0.456 e. The van der Waals surface area contributed by atoms with Crippen molar-refractivity contribution in [1.29, 1.82) is 0 Å². The molecule has 0 aliphatic rings. The number of hydrogen-bond donors (Lipinski definition) is 3. The molecule has 4 amide bonds. The van der Waals surface area contributed by atoms with Gasteiger partial charge in [0.2, 0.25) is 12.3 Å². The number of nitrogens with one attached hydrogen (secondary N) is 2. The molecule has 4 N–H and O–H groups in total. The van der Waals surface area contributed by atoms with E-state index in [2.05, 4.69) is 32.3 Å². The van der Waals surface area contributed by atoms with Crippen molar-refractivity contribution in [2.24, 2.45) is 10.7 Å². The maximum absolute atomic E-state index is 11.4. The van der Waals surface area contributed by atoms with E-state index < -0.39 is 5.91 Å². The number of aliphatic imine (C=N–C) groups is 1. The van der Waals surface area contributed by atoms with E-state index in [0.717, 1.165) is 16.9 Å². The Labute approximate surface area is 216 Å². The Morgan fingerprint density at radius 1 is 1.14 bits per heavy atom. The summed E-state index contributed by atoms with van der Waals surface area (Å²) < 4.78 is 5.54. The number of benzene rings is 1. The fourth-order valence-electron chi connectivity index (χ4n) is 2.41. The Hall–Kier alpha value is -4.80. The fourth-order valence-corrected chi connectivity index (χ4v) is 2.41. The first-order valence-electron chi connectivity index (χ1n) is 11.2. The first-order valence-corrected chi connectivity index (χ1v) is 11.2. The van der Waals surface area contributed by atoms with Gasteiger partial charge in [0.05, 0.1) is 29.7 Å². The third-order valence-electron chi connectivity index (χ3n) is 4.58. The van der Waals surface area contributed by atoms with Crippen molar-refractivity contribution in [3.05, 3.63) is 77.9 Å². The number of nitrogens with two attached hydrogens (primary N) is 1. The van der Waals surface area contributed by atoms with Gasteiger partial charge in [-0.1, -0.05) is 6.07 Å². The normalized spacial score (nSPS) is 9.30. The number of rotatable bonds is 8. The predicted molar refractivity (Wildman–Crippen MR) is 143 cm³/mol. The van der Waals surface area contributed by atoms with Crippen LogP contribution in [0.2, 0.25) is 0 Å². The van der Waals surface area contributed by atoms with E-state index in [4.69, 9.17) is 15.3 Å². The van der Waals surface area contributed by atoms with E-state index in [1.54, 1.807) is 49.5 Å². The first-order chi connectivity index (χ1) is 17.7. The van der Waals surface area contributed by atoms with Gasteiger partial charge < -0.3 is 26.0 Å². The van der Waals surface area contributed by atoms with E-state index in [0.29, 0.717) is 36.6 Å². The van der Waals surface area contributed by atoms with Crippen LogP contribution in [0, 0.1) is 6.92 Å². The Morgan fingerprint density at radius 2 is 1.81 bits per heavy atom. The van der Waals surface area contributed by atoms with Gasteiger partial charge in [-0.3, -0.25) is 24.5 Å². The molecule has 0 saturated carbocycles. The summed E-state index contributed by atoms with van der Waals surface area (Å²) in [7, 11) is 3.32. The van der Waals surface area contributed by atoms with Crippen molar-refractivity contribution in [3.8, 4) is 11.5 Å². The largest absolute Gasteiger partial charge is 0.456 e. The van der Waals surface area contributed by atoms with Crippen molar-refractivity contribution in [1.82, 2.24) is 25.5 Å². The molecule has 196 valence electrons. The summed E-state index contributed by atoms with van der Waals surface area (Å²) in [6.07, 6.45) is 5.32. The second-order valence-corrected chi connectivity index (χ2v) is 7.43. The molecule has 0 unspecified atom stereocenters. The molecule has 0 fully saturated rings. The lowest BCUT2D eigenvalue weighted by Gasteiger charge is -2.15. The molecule has 0 radical (unpaired) electrons. The number of pyridine rings is 2. The minimum absolute atomic E-state index is 0.0696. The molecule has 0 atom stereocenters. The van der Waals surface area contributed by atoms with E-state index in [-0.39, 0.29) is 6.03 Å². The van der Waals surface area contributed by atoms with Gasteiger partial charge in [0, 0.05) is 33.0 Å². The van der Waals surface area contributed by atoms with Crippen molar-refractivity contribution < 1.29 is 19.1 Å². The van der Waals surface area contributed by atoms with E-state index >= 15 is 0 Å². The van der Waals surface area contributed by atoms with Crippen LogP contribution < -0.4 is 21.1 Å². The molecular formula is C26H33N7O4. The Bertz CT molecular complexity index is 1140. The molecule has 1 aromatic carbocycles. The monoisotopic (exact) mass is 507 g/mol. The highest BCUT2D eigenvalue weighted by molar-refractivity contribution is 5.92. The lowest BCUT2D eigenvalue weighted by Crippen LogP contribution is -2.36. The molecule has 3 rings (SSSR count). The van der Waals surface area contributed by atoms with Crippen LogP contribution in [-0.2, 0) is 11.3 Å². The maximum atomic E-state index is 11.4. The second-order valence-electron chi connectivity index (χ2n) is 7.43. The SMILES string of the molecule is C=Nc1ccc(Oc2cncc(C(N)=O)c2)cc1.CCN(C)C(=O)NCc1ccc(C)cn1.CNC=O. The molecule has 0 bridgehead atoms. The van der Waals surface area contributed by atoms with E-state index in [9.17, 15) is 9.59 Å². The molecule has 11 heteroatoms. The fraction of sp³-hybridized carbons (Fsp3) is 0.231. The zero-order valence-electron chi connectivity index (χ0n) is 21.5. The van der Waals surface area contributed by atoms with Gasteiger partial charge >= 0.3 is 6.03 Å². The second kappa shape index (κ2) is 16.8. The molecule has 37 heavy (non-hydrogen) atoms. The summed E-state index contributed by atoms with van der Waals surface area (Å²) in [6, 6.07) is 12.4. The van der Waals surface area contributed by atoms with Crippen LogP contribution in [0.15, 0.2) is 66.0 Å². The van der Waals surface area contributed by atoms with E-state index in [1.807, 2.05) is 26.0 Å². The Morgan fingerprint density at radius 3 is 2.32 bits per heavy atom. The number of aryl methyl sites for hydroxylation is 1. The molecule has 0 aliphatic carbocycles. The molecule has 11 nitrogen and oxygen atoms in total. The van der Waals surface area contributed by atoms with Crippen molar-refractivity contribution in [3.63, 3.8) is 0 Å². The highest BCUT2D eigenvalue weighted by Crippen LogP contribution is 2.23. The summed E-state index contributed by atoms with van der Waals surface area (Å²) in [5, 5.41) is 5.04. The summed E-state index contributed by atoms with van der Waals surface area (Å²) in [4.78, 5) is 44.9. The van der Waals surface area contributed by atoms with Crippen molar-refractivity contribution >= 4 is 30.8 Å². The Kier molecular flexibility index (Phi) is 13.7. The molecule has 0 spiro atoms. The van der Waals surface area contributed by atoms with Gasteiger partial charge in [-0.2, -0.15) is 0 Å². The molecule has 2 heterocycles. The van der Waals surface area contributed by atoms with Crippen molar-refractivity contribution in [2.75, 3.05) is 20.6 Å². The summed E-state index contributed by atoms with van der Waals surface area (Å²) in [5.41, 5.74) is 8.21. The van der Waals surface area contributed by atoms with Gasteiger partial charge in [0.1, 0.15) is 11.5 Å². The van der Waals surface area contributed by atoms with Gasteiger partial charge in [0.25, 0.3) is 0 Å². The maximum Gasteiger partial charge on any atom is 0.317 e. The highest BCUT2D eigenvalue weighted by atomic mass is 16.5. The van der Waals surface area contributed by atoms with Crippen LogP contribution in [0.25, 0.3) is 0 Å². The standard InChI is InChI=1S/C13H11N3O2.C11H17N3O.C2H5NO/c1-15-10-2-4-11(5-3-10)18-12-6-9(13(14)17)7-16-8-12;1-4-14(3)11(15)13-8-10-6-5-9(2)7-12-10;1-3-2-4/h2-8H,1H2,(H2,14,17);5-7H,4,8H2,1-3H3,(H,13,15);2H,1H3,(H,3,4). The lowest BCUT2D eigenvalue weighted by atomic mass is 10.2. The van der Waals surface area contributed by atoms with E-state index in [1.165, 1.54) is 18.5 Å². The quantitative estimate of drug-likeness (QED) is 0.314. The van der Waals surface area contributed by atoms with Gasteiger partial charge in [-0.25, -0.2) is 4.79 Å². The van der Waals surface area contributed by atoms with Crippen LogP contribution in [0.1, 0.15) is 28.5 Å². The molecule has 0 saturated heterocycles. The number of primary amides is 1. The smallest absolute Gasteiger partial charge is 0.317 e. The van der Waals surface area contributed by atoms with Crippen LogP contribution in [0.4, 0.5) is 10.5 Å². The number of aromatic nitrogens is 2. The first kappa shape index (κ1) is 30.2. The number of urea groups is 1. The third kappa shape index (κ3) is 11.9. The lowest BCUT2D eigenvalue weighted by molar-refractivity contribution is -0.109. The molecule has 0 aliphatic heterocycles. The number of amides is 4. The minimum atomic E-state index is -0.542. The predicted octanol–water partition coefficient (Wildman–Crippen LogP) is 3.22. The van der Waals surface area contributed by atoms with Gasteiger partial charge in [0.15, 0.2) is 0 Å². The Balaban J connectivity index is 0.000000328. The number of ether oxygens (including phenoxy) is 1. The van der Waals surface area contributed by atoms with Gasteiger partial charge in [-0.05, 0) is 62.5 Å². The number of carbonyl (C=O) groups excluding carboxylic acids is 3. The summed E-state index contributed by atoms with van der Waals surface area (Å²) in [5.74, 6) is 0.524. The zero-order valence-corrected chi connectivity index (χ0v) is 21.5. The van der Waals surface area contributed by atoms with Crippen LogP contribution in [0.5, 0.6) is 11.5 Å². The van der Waals surface area contributed by atoms with Crippen LogP contribution >= 0.6 is 0 Å². The number of hydrogen-bond acceptors (Lipinski definition) is 7. The molecular weight excluding hydrogens is 474 g/mol. The summed E-state index contributed by atoms with van der Waals surface area (Å²) >= 11 is 0.